The van der Waals surface area contributed by atoms with E-state index in [1.54, 1.807) is 31.2 Å². The van der Waals surface area contributed by atoms with Crippen molar-refractivity contribution >= 4 is 11.6 Å². The highest BCUT2D eigenvalue weighted by Crippen LogP contribution is 2.22. The Balaban J connectivity index is 2.31. The van der Waals surface area contributed by atoms with Gasteiger partial charge in [-0.05, 0) is 30.7 Å². The van der Waals surface area contributed by atoms with E-state index in [1.807, 2.05) is 0 Å². The van der Waals surface area contributed by atoms with Crippen LogP contribution in [0.1, 0.15) is 28.9 Å². The zero-order valence-corrected chi connectivity index (χ0v) is 10.9. The minimum absolute atomic E-state index is 0.288. The largest absolute Gasteiger partial charge is 0.324 e. The number of para-hydroxylation sites is 1. The molecule has 20 heavy (non-hydrogen) atoms. The van der Waals surface area contributed by atoms with Crippen LogP contribution < -0.4 is 11.1 Å². The quantitative estimate of drug-likeness (QED) is 0.904. The maximum Gasteiger partial charge on any atom is 0.258 e. The van der Waals surface area contributed by atoms with Crippen molar-refractivity contribution in [3.8, 4) is 0 Å². The molecule has 3 N–H and O–H groups in total. The summed E-state index contributed by atoms with van der Waals surface area (Å²) in [6.07, 6.45) is 0. The maximum absolute atomic E-state index is 13.6. The Kier molecular flexibility index (Phi) is 4.10. The molecule has 0 fully saturated rings. The van der Waals surface area contributed by atoms with E-state index in [4.69, 9.17) is 5.73 Å². The summed E-state index contributed by atoms with van der Waals surface area (Å²) in [5, 5.41) is 2.55. The van der Waals surface area contributed by atoms with Gasteiger partial charge < -0.3 is 11.1 Å². The average Bonchev–Trinajstić information content (AvgIpc) is 2.42. The Morgan fingerprint density at radius 3 is 2.55 bits per heavy atom. The van der Waals surface area contributed by atoms with Crippen LogP contribution in [0.15, 0.2) is 42.5 Å². The smallest absolute Gasteiger partial charge is 0.258 e. The van der Waals surface area contributed by atoms with Crippen LogP contribution in [0.2, 0.25) is 0 Å². The molecule has 0 bridgehead atoms. The van der Waals surface area contributed by atoms with Crippen LogP contribution in [-0.4, -0.2) is 5.91 Å². The fourth-order valence-corrected chi connectivity index (χ4v) is 1.88. The molecule has 0 radical (unpaired) electrons. The van der Waals surface area contributed by atoms with Gasteiger partial charge in [0.05, 0.1) is 5.56 Å². The first kappa shape index (κ1) is 14.1. The first-order valence-electron chi connectivity index (χ1n) is 6.10. The molecule has 1 unspecified atom stereocenters. The summed E-state index contributed by atoms with van der Waals surface area (Å²) < 4.78 is 26.7. The third kappa shape index (κ3) is 2.83. The van der Waals surface area contributed by atoms with Gasteiger partial charge in [-0.15, -0.1) is 0 Å². The van der Waals surface area contributed by atoms with Gasteiger partial charge in [-0.25, -0.2) is 8.78 Å². The van der Waals surface area contributed by atoms with Crippen molar-refractivity contribution in [2.24, 2.45) is 5.73 Å². The second-order valence-corrected chi connectivity index (χ2v) is 4.43. The molecule has 0 aliphatic heterocycles. The highest BCUT2D eigenvalue weighted by atomic mass is 19.2. The third-order valence-corrected chi connectivity index (χ3v) is 2.90. The van der Waals surface area contributed by atoms with E-state index in [2.05, 4.69) is 5.32 Å². The Hall–Kier alpha value is -2.27. The highest BCUT2D eigenvalue weighted by molar-refractivity contribution is 6.04. The molecule has 0 heterocycles. The molecule has 0 aromatic heterocycles. The molecular weight excluding hydrogens is 262 g/mol. The van der Waals surface area contributed by atoms with Crippen molar-refractivity contribution in [3.05, 3.63) is 65.2 Å². The number of benzene rings is 2. The molecule has 3 nitrogen and oxygen atoms in total. The van der Waals surface area contributed by atoms with Crippen molar-refractivity contribution in [2.75, 3.05) is 5.32 Å². The summed E-state index contributed by atoms with van der Waals surface area (Å²) in [6, 6.07) is 10.1. The van der Waals surface area contributed by atoms with Gasteiger partial charge in [0.15, 0.2) is 11.6 Å². The number of nitrogens with one attached hydrogen (secondary N) is 1. The molecule has 104 valence electrons. The Morgan fingerprint density at radius 2 is 1.85 bits per heavy atom. The van der Waals surface area contributed by atoms with E-state index < -0.39 is 17.5 Å². The molecule has 2 aromatic rings. The summed E-state index contributed by atoms with van der Waals surface area (Å²) in [5.74, 6) is -2.93. The normalized spacial score (nSPS) is 12.0. The van der Waals surface area contributed by atoms with E-state index in [9.17, 15) is 13.6 Å². The molecule has 5 heteroatoms. The van der Waals surface area contributed by atoms with E-state index in [-0.39, 0.29) is 11.6 Å². The summed E-state index contributed by atoms with van der Waals surface area (Å²) in [5.41, 5.74) is 6.66. The van der Waals surface area contributed by atoms with Crippen LogP contribution in [0, 0.1) is 11.6 Å². The topological polar surface area (TPSA) is 55.1 Å². The number of carbonyl (C=O) groups is 1. The summed E-state index contributed by atoms with van der Waals surface area (Å²) >= 11 is 0. The molecule has 1 amide bonds. The number of hydrogen-bond donors (Lipinski definition) is 2. The lowest BCUT2D eigenvalue weighted by molar-refractivity contribution is 0.102. The van der Waals surface area contributed by atoms with Gasteiger partial charge in [0.1, 0.15) is 0 Å². The van der Waals surface area contributed by atoms with Gasteiger partial charge >= 0.3 is 0 Å². The predicted molar refractivity (Wildman–Crippen MR) is 73.4 cm³/mol. The zero-order valence-electron chi connectivity index (χ0n) is 10.9. The number of halogens is 2. The van der Waals surface area contributed by atoms with Crippen LogP contribution in [0.4, 0.5) is 14.5 Å². The molecule has 0 aliphatic carbocycles. The first-order chi connectivity index (χ1) is 9.50. The zero-order chi connectivity index (χ0) is 14.7. The first-order valence-corrected chi connectivity index (χ1v) is 6.10. The molecule has 2 rings (SSSR count). The van der Waals surface area contributed by atoms with Crippen LogP contribution in [0.3, 0.4) is 0 Å². The summed E-state index contributed by atoms with van der Waals surface area (Å²) in [7, 11) is 0. The van der Waals surface area contributed by atoms with Gasteiger partial charge in [0.2, 0.25) is 0 Å². The molecule has 2 aromatic carbocycles. The van der Waals surface area contributed by atoms with Crippen LogP contribution in [0.5, 0.6) is 0 Å². The van der Waals surface area contributed by atoms with Crippen molar-refractivity contribution in [1.82, 2.24) is 0 Å². The Labute approximate surface area is 115 Å². The van der Waals surface area contributed by atoms with Crippen molar-refractivity contribution in [2.45, 2.75) is 13.0 Å². The number of nitrogens with two attached hydrogens (primary N) is 1. The Bertz CT molecular complexity index is 642. The lowest BCUT2D eigenvalue weighted by Crippen LogP contribution is -2.17. The van der Waals surface area contributed by atoms with Crippen LogP contribution in [0.25, 0.3) is 0 Å². The monoisotopic (exact) mass is 276 g/mol. The van der Waals surface area contributed by atoms with E-state index in [0.717, 1.165) is 11.6 Å². The average molecular weight is 276 g/mol. The third-order valence-electron chi connectivity index (χ3n) is 2.90. The van der Waals surface area contributed by atoms with Crippen LogP contribution in [-0.2, 0) is 0 Å². The summed E-state index contributed by atoms with van der Waals surface area (Å²) in [6.45, 7) is 1.77. The molecule has 0 saturated carbocycles. The SMILES string of the molecule is CC(N)c1ccccc1NC(=O)c1cccc(F)c1F. The van der Waals surface area contributed by atoms with Crippen LogP contribution >= 0.6 is 0 Å². The fraction of sp³-hybridized carbons (Fsp3) is 0.133. The van der Waals surface area contributed by atoms with E-state index in [0.29, 0.717) is 5.69 Å². The number of amides is 1. The van der Waals surface area contributed by atoms with Gasteiger partial charge in [-0.1, -0.05) is 24.3 Å². The van der Waals surface area contributed by atoms with Crippen molar-refractivity contribution in [3.63, 3.8) is 0 Å². The Morgan fingerprint density at radius 1 is 1.15 bits per heavy atom. The van der Waals surface area contributed by atoms with Gasteiger partial charge in [-0.3, -0.25) is 4.79 Å². The van der Waals surface area contributed by atoms with Crippen molar-refractivity contribution in [1.29, 1.82) is 0 Å². The minimum atomic E-state index is -1.16. The lowest BCUT2D eigenvalue weighted by Gasteiger charge is -2.13. The number of rotatable bonds is 3. The fourth-order valence-electron chi connectivity index (χ4n) is 1.88. The van der Waals surface area contributed by atoms with Gasteiger partial charge in [0, 0.05) is 11.7 Å². The second-order valence-electron chi connectivity index (χ2n) is 4.43. The standard InChI is InChI=1S/C15H14F2N2O/c1-9(18)10-5-2-3-8-13(10)19-15(20)11-6-4-7-12(16)14(11)17/h2-9H,18H2,1H3,(H,19,20). The lowest BCUT2D eigenvalue weighted by atomic mass is 10.1. The predicted octanol–water partition coefficient (Wildman–Crippen LogP) is 3.24. The van der Waals surface area contributed by atoms with E-state index in [1.165, 1.54) is 12.1 Å². The minimum Gasteiger partial charge on any atom is -0.324 e. The molecular formula is C15H14F2N2O. The number of carbonyl (C=O) groups excluding carboxylic acids is 1. The molecule has 0 aliphatic rings. The maximum atomic E-state index is 13.6. The van der Waals surface area contributed by atoms with Gasteiger partial charge in [0.25, 0.3) is 5.91 Å². The highest BCUT2D eigenvalue weighted by Gasteiger charge is 2.16. The van der Waals surface area contributed by atoms with Gasteiger partial charge in [-0.2, -0.15) is 0 Å². The number of hydrogen-bond acceptors (Lipinski definition) is 2. The molecule has 1 atom stereocenters. The summed E-state index contributed by atoms with van der Waals surface area (Å²) in [4.78, 5) is 12.0. The molecule has 0 saturated heterocycles. The number of anilines is 1. The molecule has 0 spiro atoms. The van der Waals surface area contributed by atoms with Crippen molar-refractivity contribution < 1.29 is 13.6 Å². The van der Waals surface area contributed by atoms with E-state index >= 15 is 0 Å². The second kappa shape index (κ2) is 5.79.